The lowest BCUT2D eigenvalue weighted by molar-refractivity contribution is -0.140. The number of rotatable bonds is 7. The molecule has 0 saturated carbocycles. The summed E-state index contributed by atoms with van der Waals surface area (Å²) in [5, 5.41) is 12.2. The van der Waals surface area contributed by atoms with Gasteiger partial charge in [-0.05, 0) is 13.8 Å². The van der Waals surface area contributed by atoms with E-state index in [0.717, 1.165) is 5.01 Å². The summed E-state index contributed by atoms with van der Waals surface area (Å²) in [6, 6.07) is 0. The van der Waals surface area contributed by atoms with Crippen LogP contribution in [0.25, 0.3) is 0 Å². The molecule has 100 valence electrons. The second-order valence-electron chi connectivity index (χ2n) is 3.63. The highest BCUT2D eigenvalue weighted by atomic mass is 32.1. The Morgan fingerprint density at radius 3 is 2.83 bits per heavy atom. The number of aliphatic carboxylic acids is 1. The molecule has 2 N–H and O–H groups in total. The zero-order valence-corrected chi connectivity index (χ0v) is 11.1. The molecule has 0 aromatic carbocycles. The van der Waals surface area contributed by atoms with E-state index in [1.165, 1.54) is 17.5 Å². The second-order valence-corrected chi connectivity index (χ2v) is 4.86. The van der Waals surface area contributed by atoms with Crippen LogP contribution in [0.15, 0.2) is 6.20 Å². The third-order valence-electron chi connectivity index (χ3n) is 2.14. The first-order valence-electron chi connectivity index (χ1n) is 5.57. The van der Waals surface area contributed by atoms with Gasteiger partial charge in [0.25, 0.3) is 5.91 Å². The maximum atomic E-state index is 11.7. The van der Waals surface area contributed by atoms with Crippen molar-refractivity contribution in [3.05, 3.63) is 16.1 Å². The van der Waals surface area contributed by atoms with Gasteiger partial charge in [-0.2, -0.15) is 0 Å². The standard InChI is InChI=1S/C11H16N2O4S/c1-3-17-8(4-10(14)15)5-13-11(16)9-6-12-7(2)18-9/h6,8H,3-5H2,1-2H3,(H,13,16)(H,14,15). The summed E-state index contributed by atoms with van der Waals surface area (Å²) in [4.78, 5) is 26.8. The lowest BCUT2D eigenvalue weighted by Crippen LogP contribution is -2.34. The van der Waals surface area contributed by atoms with Gasteiger partial charge in [0.05, 0.1) is 23.7 Å². The fourth-order valence-corrected chi connectivity index (χ4v) is 2.07. The number of carboxylic acids is 1. The molecule has 0 saturated heterocycles. The van der Waals surface area contributed by atoms with Crippen molar-refractivity contribution in [2.24, 2.45) is 0 Å². The van der Waals surface area contributed by atoms with Gasteiger partial charge in [0.1, 0.15) is 4.88 Å². The molecule has 1 atom stereocenters. The summed E-state index contributed by atoms with van der Waals surface area (Å²) in [6.07, 6.45) is 0.864. The summed E-state index contributed by atoms with van der Waals surface area (Å²) < 4.78 is 5.24. The molecule has 1 heterocycles. The Bertz CT molecular complexity index is 419. The van der Waals surface area contributed by atoms with Crippen LogP contribution in [-0.4, -0.2) is 41.2 Å². The van der Waals surface area contributed by atoms with Gasteiger partial charge in [0, 0.05) is 13.2 Å². The first-order valence-corrected chi connectivity index (χ1v) is 6.38. The highest BCUT2D eigenvalue weighted by Crippen LogP contribution is 2.11. The maximum Gasteiger partial charge on any atom is 0.306 e. The molecule has 0 aliphatic heterocycles. The fraction of sp³-hybridized carbons (Fsp3) is 0.545. The Labute approximate surface area is 109 Å². The van der Waals surface area contributed by atoms with E-state index in [1.807, 2.05) is 6.92 Å². The molecule has 1 aromatic heterocycles. The van der Waals surface area contributed by atoms with Crippen LogP contribution in [-0.2, 0) is 9.53 Å². The van der Waals surface area contributed by atoms with Crippen molar-refractivity contribution < 1.29 is 19.4 Å². The minimum Gasteiger partial charge on any atom is -0.481 e. The van der Waals surface area contributed by atoms with Crippen LogP contribution in [0.2, 0.25) is 0 Å². The number of hydrogen-bond acceptors (Lipinski definition) is 5. The molecular weight excluding hydrogens is 256 g/mol. The van der Waals surface area contributed by atoms with Gasteiger partial charge in [-0.1, -0.05) is 0 Å². The Morgan fingerprint density at radius 1 is 1.61 bits per heavy atom. The van der Waals surface area contributed by atoms with Gasteiger partial charge < -0.3 is 15.2 Å². The number of hydrogen-bond donors (Lipinski definition) is 2. The Hall–Kier alpha value is -1.47. The summed E-state index contributed by atoms with van der Waals surface area (Å²) in [5.74, 6) is -1.20. The van der Waals surface area contributed by atoms with Crippen molar-refractivity contribution in [3.63, 3.8) is 0 Å². The van der Waals surface area contributed by atoms with Crippen LogP contribution in [0.5, 0.6) is 0 Å². The first kappa shape index (κ1) is 14.6. The second kappa shape index (κ2) is 7.07. The SMILES string of the molecule is CCOC(CNC(=O)c1cnc(C)s1)CC(=O)O. The number of carbonyl (C=O) groups is 2. The van der Waals surface area contributed by atoms with Crippen molar-refractivity contribution in [2.45, 2.75) is 26.4 Å². The lowest BCUT2D eigenvalue weighted by Gasteiger charge is -2.15. The minimum absolute atomic E-state index is 0.129. The zero-order valence-electron chi connectivity index (χ0n) is 10.3. The number of aryl methyl sites for hydroxylation is 1. The maximum absolute atomic E-state index is 11.7. The van der Waals surface area contributed by atoms with Crippen molar-refractivity contribution >= 4 is 23.2 Å². The summed E-state index contributed by atoms with van der Waals surface area (Å²) >= 11 is 1.29. The number of thiazole rings is 1. The van der Waals surface area contributed by atoms with Crippen LogP contribution in [0.3, 0.4) is 0 Å². The van der Waals surface area contributed by atoms with Crippen LogP contribution in [0.1, 0.15) is 28.0 Å². The molecule has 1 amide bonds. The number of aromatic nitrogens is 1. The van der Waals surface area contributed by atoms with E-state index in [1.54, 1.807) is 6.92 Å². The predicted octanol–water partition coefficient (Wildman–Crippen LogP) is 1.06. The first-order chi connectivity index (χ1) is 8.52. The Balaban J connectivity index is 2.46. The van der Waals surface area contributed by atoms with Crippen LogP contribution < -0.4 is 5.32 Å². The number of carboxylic acid groups (broad SMARTS) is 1. The van der Waals surface area contributed by atoms with Crippen molar-refractivity contribution in [1.82, 2.24) is 10.3 Å². The van der Waals surface area contributed by atoms with E-state index in [4.69, 9.17) is 9.84 Å². The average molecular weight is 272 g/mol. The highest BCUT2D eigenvalue weighted by Gasteiger charge is 2.16. The zero-order chi connectivity index (χ0) is 13.5. The lowest BCUT2D eigenvalue weighted by atomic mass is 10.2. The van der Waals surface area contributed by atoms with Crippen molar-refractivity contribution in [1.29, 1.82) is 0 Å². The molecule has 18 heavy (non-hydrogen) atoms. The van der Waals surface area contributed by atoms with E-state index in [2.05, 4.69) is 10.3 Å². The van der Waals surface area contributed by atoms with Crippen LogP contribution >= 0.6 is 11.3 Å². The summed E-state index contributed by atoms with van der Waals surface area (Å²) in [7, 11) is 0. The molecule has 0 spiro atoms. The quantitative estimate of drug-likeness (QED) is 0.775. The number of amides is 1. The molecule has 0 bridgehead atoms. The summed E-state index contributed by atoms with van der Waals surface area (Å²) in [5.41, 5.74) is 0. The van der Waals surface area contributed by atoms with Gasteiger partial charge >= 0.3 is 5.97 Å². The molecule has 1 rings (SSSR count). The molecule has 1 unspecified atom stereocenters. The van der Waals surface area contributed by atoms with Crippen molar-refractivity contribution in [3.8, 4) is 0 Å². The van der Waals surface area contributed by atoms with E-state index in [-0.39, 0.29) is 18.9 Å². The van der Waals surface area contributed by atoms with Crippen LogP contribution in [0, 0.1) is 6.92 Å². The average Bonchev–Trinajstić information content (AvgIpc) is 2.72. The summed E-state index contributed by atoms with van der Waals surface area (Å²) in [6.45, 7) is 4.18. The topological polar surface area (TPSA) is 88.5 Å². The molecular formula is C11H16N2O4S. The Kier molecular flexibility index (Phi) is 5.73. The van der Waals surface area contributed by atoms with E-state index >= 15 is 0 Å². The van der Waals surface area contributed by atoms with Gasteiger partial charge in [-0.15, -0.1) is 11.3 Å². The van der Waals surface area contributed by atoms with E-state index in [9.17, 15) is 9.59 Å². The minimum atomic E-state index is -0.948. The molecule has 0 aliphatic rings. The van der Waals surface area contributed by atoms with Crippen LogP contribution in [0.4, 0.5) is 0 Å². The number of carbonyl (C=O) groups excluding carboxylic acids is 1. The van der Waals surface area contributed by atoms with Gasteiger partial charge in [-0.3, -0.25) is 9.59 Å². The van der Waals surface area contributed by atoms with Gasteiger partial charge in [0.15, 0.2) is 0 Å². The third-order valence-corrected chi connectivity index (χ3v) is 3.05. The molecule has 0 radical (unpaired) electrons. The third kappa shape index (κ3) is 4.80. The molecule has 0 aliphatic carbocycles. The van der Waals surface area contributed by atoms with Gasteiger partial charge in [0.2, 0.25) is 0 Å². The van der Waals surface area contributed by atoms with E-state index in [0.29, 0.717) is 11.5 Å². The molecule has 1 aromatic rings. The number of nitrogens with one attached hydrogen (secondary N) is 1. The highest BCUT2D eigenvalue weighted by molar-refractivity contribution is 7.13. The monoisotopic (exact) mass is 272 g/mol. The number of nitrogens with zero attached hydrogens (tertiary/aromatic N) is 1. The largest absolute Gasteiger partial charge is 0.481 e. The van der Waals surface area contributed by atoms with Crippen molar-refractivity contribution in [2.75, 3.05) is 13.2 Å². The number of ether oxygens (including phenoxy) is 1. The Morgan fingerprint density at radius 2 is 2.33 bits per heavy atom. The normalized spacial score (nSPS) is 12.1. The van der Waals surface area contributed by atoms with Gasteiger partial charge in [-0.25, -0.2) is 4.98 Å². The smallest absolute Gasteiger partial charge is 0.306 e. The molecule has 6 nitrogen and oxygen atoms in total. The molecule has 0 fully saturated rings. The fourth-order valence-electron chi connectivity index (χ4n) is 1.38. The predicted molar refractivity (Wildman–Crippen MR) is 66.9 cm³/mol. The molecule has 7 heteroatoms. The van der Waals surface area contributed by atoms with E-state index < -0.39 is 12.1 Å².